The standard InChI is InChI=1S/C11H13N3O2S/c1-7-9(12)3-10(17-7)11(15)16-6-8-4-13-14(2)5-8/h3-5H,6,12H2,1-2H3. The first kappa shape index (κ1) is 11.7. The number of anilines is 1. The topological polar surface area (TPSA) is 70.1 Å². The van der Waals surface area contributed by atoms with Crippen molar-refractivity contribution in [3.8, 4) is 0 Å². The second-order valence-electron chi connectivity index (χ2n) is 3.72. The highest BCUT2D eigenvalue weighted by molar-refractivity contribution is 7.14. The van der Waals surface area contributed by atoms with Gasteiger partial charge in [0.05, 0.1) is 6.20 Å². The molecule has 2 aromatic heterocycles. The van der Waals surface area contributed by atoms with E-state index in [1.807, 2.05) is 14.0 Å². The molecule has 17 heavy (non-hydrogen) atoms. The first-order chi connectivity index (χ1) is 8.06. The van der Waals surface area contributed by atoms with E-state index >= 15 is 0 Å². The summed E-state index contributed by atoms with van der Waals surface area (Å²) in [6.45, 7) is 2.10. The summed E-state index contributed by atoms with van der Waals surface area (Å²) < 4.78 is 6.82. The van der Waals surface area contributed by atoms with Gasteiger partial charge in [0.25, 0.3) is 0 Å². The van der Waals surface area contributed by atoms with Crippen LogP contribution in [0.2, 0.25) is 0 Å². The molecule has 0 aliphatic carbocycles. The minimum absolute atomic E-state index is 0.226. The van der Waals surface area contributed by atoms with Crippen LogP contribution in [-0.4, -0.2) is 15.7 Å². The third-order valence-corrected chi connectivity index (χ3v) is 3.33. The average Bonchev–Trinajstić information content (AvgIpc) is 2.83. The largest absolute Gasteiger partial charge is 0.457 e. The molecular weight excluding hydrogens is 238 g/mol. The van der Waals surface area contributed by atoms with Crippen molar-refractivity contribution in [2.24, 2.45) is 7.05 Å². The van der Waals surface area contributed by atoms with Gasteiger partial charge in [0.2, 0.25) is 0 Å². The zero-order chi connectivity index (χ0) is 12.4. The number of carbonyl (C=O) groups excluding carboxylic acids is 1. The Morgan fingerprint density at radius 2 is 2.41 bits per heavy atom. The number of carbonyl (C=O) groups is 1. The van der Waals surface area contributed by atoms with Crippen molar-refractivity contribution in [3.05, 3.63) is 33.8 Å². The molecule has 6 heteroatoms. The lowest BCUT2D eigenvalue weighted by atomic mass is 10.4. The molecule has 0 aromatic carbocycles. The highest BCUT2D eigenvalue weighted by Crippen LogP contribution is 2.24. The Kier molecular flexibility index (Phi) is 3.14. The molecular formula is C11H13N3O2S. The van der Waals surface area contributed by atoms with Crippen molar-refractivity contribution in [1.82, 2.24) is 9.78 Å². The molecule has 0 saturated carbocycles. The number of thiophene rings is 1. The Hall–Kier alpha value is -1.82. The lowest BCUT2D eigenvalue weighted by Gasteiger charge is -1.99. The predicted octanol–water partition coefficient (Wildman–Crippen LogP) is 1.73. The fourth-order valence-electron chi connectivity index (χ4n) is 1.36. The van der Waals surface area contributed by atoms with Gasteiger partial charge in [0.15, 0.2) is 0 Å². The third kappa shape index (κ3) is 2.65. The van der Waals surface area contributed by atoms with E-state index in [0.29, 0.717) is 10.6 Å². The molecule has 0 spiro atoms. The summed E-state index contributed by atoms with van der Waals surface area (Å²) in [5.74, 6) is -0.348. The Morgan fingerprint density at radius 3 is 2.94 bits per heavy atom. The number of nitrogen functional groups attached to an aromatic ring is 1. The van der Waals surface area contributed by atoms with Gasteiger partial charge in [-0.3, -0.25) is 4.68 Å². The number of nitrogens with zero attached hydrogens (tertiary/aromatic N) is 2. The normalized spacial score (nSPS) is 10.5. The van der Waals surface area contributed by atoms with Crippen molar-refractivity contribution in [2.45, 2.75) is 13.5 Å². The highest BCUT2D eigenvalue weighted by atomic mass is 32.1. The van der Waals surface area contributed by atoms with Crippen LogP contribution >= 0.6 is 11.3 Å². The molecule has 2 rings (SSSR count). The number of rotatable bonds is 3. The molecule has 2 aromatic rings. The van der Waals surface area contributed by atoms with Crippen LogP contribution in [0, 0.1) is 6.92 Å². The Balaban J connectivity index is 1.98. The molecule has 0 radical (unpaired) electrons. The Bertz CT molecular complexity index is 525. The van der Waals surface area contributed by atoms with Crippen molar-refractivity contribution >= 4 is 23.0 Å². The molecule has 2 N–H and O–H groups in total. The molecule has 0 unspecified atom stereocenters. The molecule has 0 amide bonds. The first-order valence-corrected chi connectivity index (χ1v) is 5.88. The zero-order valence-electron chi connectivity index (χ0n) is 9.64. The molecule has 0 aliphatic rings. The van der Waals surface area contributed by atoms with Crippen LogP contribution < -0.4 is 5.73 Å². The van der Waals surface area contributed by atoms with Gasteiger partial charge in [0, 0.05) is 29.4 Å². The lowest BCUT2D eigenvalue weighted by molar-refractivity contribution is 0.0478. The monoisotopic (exact) mass is 251 g/mol. The summed E-state index contributed by atoms with van der Waals surface area (Å²) in [7, 11) is 1.81. The van der Waals surface area contributed by atoms with Crippen molar-refractivity contribution in [2.75, 3.05) is 5.73 Å². The molecule has 0 fully saturated rings. The van der Waals surface area contributed by atoms with Gasteiger partial charge in [-0.05, 0) is 13.0 Å². The second kappa shape index (κ2) is 4.58. The van der Waals surface area contributed by atoms with Crippen LogP contribution in [0.15, 0.2) is 18.5 Å². The average molecular weight is 251 g/mol. The molecule has 0 bridgehead atoms. The van der Waals surface area contributed by atoms with Gasteiger partial charge >= 0.3 is 5.97 Å². The number of nitrogens with two attached hydrogens (primary N) is 1. The smallest absolute Gasteiger partial charge is 0.348 e. The summed E-state index contributed by atoms with van der Waals surface area (Å²) in [5.41, 5.74) is 7.17. The summed E-state index contributed by atoms with van der Waals surface area (Å²) in [4.78, 5) is 13.2. The van der Waals surface area contributed by atoms with Crippen LogP contribution in [0.1, 0.15) is 20.1 Å². The van der Waals surface area contributed by atoms with Gasteiger partial charge < -0.3 is 10.5 Å². The van der Waals surface area contributed by atoms with Gasteiger partial charge in [-0.15, -0.1) is 11.3 Å². The van der Waals surface area contributed by atoms with E-state index in [4.69, 9.17) is 10.5 Å². The van der Waals surface area contributed by atoms with E-state index in [1.165, 1.54) is 11.3 Å². The second-order valence-corrected chi connectivity index (χ2v) is 4.98. The fourth-order valence-corrected chi connectivity index (χ4v) is 2.20. The van der Waals surface area contributed by atoms with E-state index in [1.54, 1.807) is 23.1 Å². The number of hydrogen-bond acceptors (Lipinski definition) is 5. The molecule has 0 aliphatic heterocycles. The maximum Gasteiger partial charge on any atom is 0.348 e. The SMILES string of the molecule is Cc1sc(C(=O)OCc2cnn(C)c2)cc1N. The van der Waals surface area contributed by atoms with Crippen LogP contribution in [0.5, 0.6) is 0 Å². The van der Waals surface area contributed by atoms with Gasteiger partial charge in [-0.1, -0.05) is 0 Å². The Morgan fingerprint density at radius 1 is 1.65 bits per heavy atom. The number of aryl methyl sites for hydroxylation is 2. The molecule has 2 heterocycles. The van der Waals surface area contributed by atoms with E-state index in [-0.39, 0.29) is 12.6 Å². The summed E-state index contributed by atoms with van der Waals surface area (Å²) in [5, 5.41) is 3.99. The van der Waals surface area contributed by atoms with E-state index < -0.39 is 0 Å². The zero-order valence-corrected chi connectivity index (χ0v) is 10.5. The van der Waals surface area contributed by atoms with Crippen molar-refractivity contribution < 1.29 is 9.53 Å². The van der Waals surface area contributed by atoms with E-state index in [0.717, 1.165) is 10.4 Å². The van der Waals surface area contributed by atoms with Gasteiger partial charge in [-0.25, -0.2) is 4.79 Å². The number of hydrogen-bond donors (Lipinski definition) is 1. The van der Waals surface area contributed by atoms with Gasteiger partial charge in [-0.2, -0.15) is 5.10 Å². The minimum atomic E-state index is -0.348. The number of aromatic nitrogens is 2. The molecule has 0 saturated heterocycles. The third-order valence-electron chi connectivity index (χ3n) is 2.29. The van der Waals surface area contributed by atoms with E-state index in [2.05, 4.69) is 5.10 Å². The summed E-state index contributed by atoms with van der Waals surface area (Å²) >= 11 is 1.34. The molecule has 0 atom stereocenters. The fraction of sp³-hybridized carbons (Fsp3) is 0.273. The number of esters is 1. The van der Waals surface area contributed by atoms with Gasteiger partial charge in [0.1, 0.15) is 11.5 Å². The first-order valence-electron chi connectivity index (χ1n) is 5.07. The maximum absolute atomic E-state index is 11.7. The lowest BCUT2D eigenvalue weighted by Crippen LogP contribution is -2.02. The quantitative estimate of drug-likeness (QED) is 0.843. The number of ether oxygens (including phenoxy) is 1. The molecule has 5 nitrogen and oxygen atoms in total. The van der Waals surface area contributed by atoms with E-state index in [9.17, 15) is 4.79 Å². The highest BCUT2D eigenvalue weighted by Gasteiger charge is 2.12. The summed E-state index contributed by atoms with van der Waals surface area (Å²) in [6, 6.07) is 1.64. The van der Waals surface area contributed by atoms with Crippen LogP contribution in [0.25, 0.3) is 0 Å². The predicted molar refractivity (Wildman–Crippen MR) is 65.8 cm³/mol. The Labute approximate surface area is 103 Å². The van der Waals surface area contributed by atoms with Crippen LogP contribution in [0.4, 0.5) is 5.69 Å². The van der Waals surface area contributed by atoms with Crippen LogP contribution in [0.3, 0.4) is 0 Å². The minimum Gasteiger partial charge on any atom is -0.457 e. The maximum atomic E-state index is 11.7. The van der Waals surface area contributed by atoms with Crippen molar-refractivity contribution in [1.29, 1.82) is 0 Å². The summed E-state index contributed by atoms with van der Waals surface area (Å²) in [6.07, 6.45) is 3.47. The molecule has 90 valence electrons. The van der Waals surface area contributed by atoms with Crippen LogP contribution in [-0.2, 0) is 18.4 Å². The van der Waals surface area contributed by atoms with Crippen molar-refractivity contribution in [3.63, 3.8) is 0 Å².